The van der Waals surface area contributed by atoms with Gasteiger partial charge in [-0.15, -0.1) is 0 Å². The highest BCUT2D eigenvalue weighted by molar-refractivity contribution is 5.75. The minimum absolute atomic E-state index is 0.0759. The second-order valence-electron chi connectivity index (χ2n) is 7.20. The van der Waals surface area contributed by atoms with Gasteiger partial charge < -0.3 is 21.5 Å². The number of aliphatic hydroxyl groups excluding tert-OH is 1. The topological polar surface area (TPSA) is 135 Å². The minimum atomic E-state index is -0.794. The molecule has 9 nitrogen and oxygen atoms in total. The molecule has 1 aromatic carbocycles. The van der Waals surface area contributed by atoms with Crippen molar-refractivity contribution >= 4 is 17.5 Å². The Morgan fingerprint density at radius 2 is 1.94 bits per heavy atom. The first-order chi connectivity index (χ1) is 14.8. The molecule has 0 radical (unpaired) electrons. The number of aromatic nitrogens is 3. The number of nitrogen functional groups attached to an aromatic ring is 1. The van der Waals surface area contributed by atoms with Crippen LogP contribution in [0.4, 0.5) is 11.6 Å². The number of nitrogens with one attached hydrogen (secondary N) is 2. The maximum Gasteiger partial charge on any atom is 0.293 e. The third kappa shape index (κ3) is 5.67. The molecule has 0 fully saturated rings. The van der Waals surface area contributed by atoms with Crippen molar-refractivity contribution in [2.45, 2.75) is 33.0 Å². The van der Waals surface area contributed by atoms with Crippen molar-refractivity contribution in [3.8, 4) is 0 Å². The summed E-state index contributed by atoms with van der Waals surface area (Å²) in [6, 6.07) is 12.6. The van der Waals surface area contributed by atoms with Gasteiger partial charge in [-0.25, -0.2) is 9.97 Å². The zero-order valence-corrected chi connectivity index (χ0v) is 17.5. The number of anilines is 2. The third-order valence-electron chi connectivity index (χ3n) is 4.90. The monoisotopic (exact) mass is 422 g/mol. The van der Waals surface area contributed by atoms with Crippen LogP contribution < -0.4 is 21.9 Å². The van der Waals surface area contributed by atoms with Gasteiger partial charge in [0.05, 0.1) is 6.10 Å². The first-order valence-electron chi connectivity index (χ1n) is 9.87. The van der Waals surface area contributed by atoms with E-state index in [9.17, 15) is 14.7 Å². The van der Waals surface area contributed by atoms with Crippen molar-refractivity contribution in [3.05, 3.63) is 81.5 Å². The van der Waals surface area contributed by atoms with Crippen LogP contribution >= 0.6 is 0 Å². The van der Waals surface area contributed by atoms with Gasteiger partial charge in [0.25, 0.3) is 5.56 Å². The van der Waals surface area contributed by atoms with Crippen LogP contribution in [-0.4, -0.2) is 32.1 Å². The number of pyridine rings is 1. The van der Waals surface area contributed by atoms with E-state index in [4.69, 9.17) is 5.73 Å². The summed E-state index contributed by atoms with van der Waals surface area (Å²) in [5.74, 6) is 0.179. The van der Waals surface area contributed by atoms with Crippen molar-refractivity contribution in [3.63, 3.8) is 0 Å². The lowest BCUT2D eigenvalue weighted by atomic mass is 10.1. The molecule has 0 spiro atoms. The Morgan fingerprint density at radius 3 is 2.65 bits per heavy atom. The maximum absolute atomic E-state index is 12.8. The highest BCUT2D eigenvalue weighted by Gasteiger charge is 2.14. The molecule has 1 amide bonds. The molecule has 9 heteroatoms. The van der Waals surface area contributed by atoms with Gasteiger partial charge in [-0.3, -0.25) is 14.2 Å². The van der Waals surface area contributed by atoms with E-state index in [0.717, 1.165) is 16.8 Å². The number of carbonyl (C=O) groups excluding carboxylic acids is 1. The number of nitrogens with two attached hydrogens (primary N) is 1. The summed E-state index contributed by atoms with van der Waals surface area (Å²) in [5, 5.41) is 16.0. The number of hydrogen-bond acceptors (Lipinski definition) is 7. The summed E-state index contributed by atoms with van der Waals surface area (Å²) in [4.78, 5) is 33.5. The van der Waals surface area contributed by atoms with Gasteiger partial charge in [-0.05, 0) is 31.0 Å². The number of aryl methyl sites for hydroxylation is 2. The Morgan fingerprint density at radius 1 is 1.19 bits per heavy atom. The van der Waals surface area contributed by atoms with E-state index in [0.29, 0.717) is 11.5 Å². The second kappa shape index (κ2) is 9.86. The molecule has 0 aliphatic carbocycles. The molecule has 0 bridgehead atoms. The van der Waals surface area contributed by atoms with Crippen molar-refractivity contribution in [2.24, 2.45) is 0 Å². The largest absolute Gasteiger partial charge is 0.387 e. The molecule has 3 aromatic rings. The summed E-state index contributed by atoms with van der Waals surface area (Å²) in [5.41, 5.74) is 8.08. The number of aliphatic hydroxyl groups is 1. The van der Waals surface area contributed by atoms with E-state index < -0.39 is 11.7 Å². The Labute approximate surface area is 180 Å². The number of carbonyl (C=O) groups is 1. The third-order valence-corrected chi connectivity index (χ3v) is 4.90. The molecule has 5 N–H and O–H groups in total. The Kier molecular flexibility index (Phi) is 6.99. The van der Waals surface area contributed by atoms with Gasteiger partial charge in [0, 0.05) is 30.7 Å². The maximum atomic E-state index is 12.8. The van der Waals surface area contributed by atoms with E-state index >= 15 is 0 Å². The van der Waals surface area contributed by atoms with E-state index in [2.05, 4.69) is 20.6 Å². The molecule has 0 aliphatic rings. The zero-order chi connectivity index (χ0) is 22.4. The van der Waals surface area contributed by atoms with Gasteiger partial charge in [-0.2, -0.15) is 0 Å². The summed E-state index contributed by atoms with van der Waals surface area (Å²) >= 11 is 0. The Hall–Kier alpha value is -3.72. The molecule has 31 heavy (non-hydrogen) atoms. The summed E-state index contributed by atoms with van der Waals surface area (Å²) in [7, 11) is 0. The average Bonchev–Trinajstić information content (AvgIpc) is 2.76. The van der Waals surface area contributed by atoms with Gasteiger partial charge in [0.2, 0.25) is 5.91 Å². The summed E-state index contributed by atoms with van der Waals surface area (Å²) in [6.07, 6.45) is 0.720. The van der Waals surface area contributed by atoms with Crippen LogP contribution in [0.5, 0.6) is 0 Å². The van der Waals surface area contributed by atoms with Crippen LogP contribution in [0.2, 0.25) is 0 Å². The zero-order valence-electron chi connectivity index (χ0n) is 17.5. The standard InChI is InChI=1S/C22H26N6O3/c1-14-10-25-21(26-12-18(29)16-6-4-3-5-7-16)22(31)28(14)13-20(30)24-11-17-8-9-19(23)27-15(17)2/h3-10,18,29H,11-13H2,1-2H3,(H2,23,27)(H,24,30)(H,25,26)/t18-/m1/s1. The molecule has 3 rings (SSSR count). The average molecular weight is 422 g/mol. The molecule has 2 aromatic heterocycles. The van der Waals surface area contributed by atoms with Crippen LogP contribution in [0, 0.1) is 13.8 Å². The van der Waals surface area contributed by atoms with E-state index in [1.165, 1.54) is 10.8 Å². The van der Waals surface area contributed by atoms with Crippen LogP contribution in [0.1, 0.15) is 28.6 Å². The first-order valence-corrected chi connectivity index (χ1v) is 9.87. The highest BCUT2D eigenvalue weighted by atomic mass is 16.3. The quantitative estimate of drug-likeness (QED) is 0.430. The molecule has 0 saturated heterocycles. The van der Waals surface area contributed by atoms with Crippen LogP contribution in [0.25, 0.3) is 0 Å². The van der Waals surface area contributed by atoms with E-state index in [1.54, 1.807) is 25.1 Å². The van der Waals surface area contributed by atoms with Gasteiger partial charge in [0.15, 0.2) is 5.82 Å². The van der Waals surface area contributed by atoms with Gasteiger partial charge >= 0.3 is 0 Å². The lowest BCUT2D eigenvalue weighted by Crippen LogP contribution is -2.35. The van der Waals surface area contributed by atoms with E-state index in [1.807, 2.05) is 31.2 Å². The number of benzene rings is 1. The highest BCUT2D eigenvalue weighted by Crippen LogP contribution is 2.12. The SMILES string of the molecule is Cc1nc(N)ccc1CNC(=O)Cn1c(C)cnc(NC[C@@H](O)c2ccccc2)c1=O. The van der Waals surface area contributed by atoms with Crippen molar-refractivity contribution in [1.29, 1.82) is 0 Å². The Balaban J connectivity index is 1.64. The van der Waals surface area contributed by atoms with Gasteiger partial charge in [-0.1, -0.05) is 36.4 Å². The summed E-state index contributed by atoms with van der Waals surface area (Å²) < 4.78 is 1.34. The summed E-state index contributed by atoms with van der Waals surface area (Å²) in [6.45, 7) is 3.77. The molecule has 2 heterocycles. The van der Waals surface area contributed by atoms with Crippen LogP contribution in [0.15, 0.2) is 53.5 Å². The van der Waals surface area contributed by atoms with Gasteiger partial charge in [0.1, 0.15) is 12.4 Å². The molecule has 1 atom stereocenters. The lowest BCUT2D eigenvalue weighted by Gasteiger charge is -2.15. The number of nitrogens with zero attached hydrogens (tertiary/aromatic N) is 3. The molecule has 0 aliphatic heterocycles. The predicted octanol–water partition coefficient (Wildman–Crippen LogP) is 1.30. The van der Waals surface area contributed by atoms with Crippen molar-refractivity contribution in [1.82, 2.24) is 19.9 Å². The minimum Gasteiger partial charge on any atom is -0.387 e. The number of rotatable bonds is 8. The normalized spacial score (nSPS) is 11.7. The second-order valence-corrected chi connectivity index (χ2v) is 7.20. The smallest absolute Gasteiger partial charge is 0.293 e. The number of amides is 1. The molecule has 0 saturated carbocycles. The van der Waals surface area contributed by atoms with E-state index in [-0.39, 0.29) is 31.4 Å². The van der Waals surface area contributed by atoms with Crippen LogP contribution in [-0.2, 0) is 17.9 Å². The molecular weight excluding hydrogens is 396 g/mol. The fourth-order valence-corrected chi connectivity index (χ4v) is 3.06. The van der Waals surface area contributed by atoms with Crippen molar-refractivity contribution in [2.75, 3.05) is 17.6 Å². The molecular formula is C22H26N6O3. The first kappa shape index (κ1) is 22.0. The van der Waals surface area contributed by atoms with Crippen molar-refractivity contribution < 1.29 is 9.90 Å². The predicted molar refractivity (Wildman–Crippen MR) is 118 cm³/mol. The molecule has 162 valence electrons. The fraction of sp³-hybridized carbons (Fsp3) is 0.273. The Bertz CT molecular complexity index is 1110. The number of hydrogen-bond donors (Lipinski definition) is 4. The van der Waals surface area contributed by atoms with Crippen LogP contribution in [0.3, 0.4) is 0 Å². The fourth-order valence-electron chi connectivity index (χ4n) is 3.06. The molecule has 0 unspecified atom stereocenters. The lowest BCUT2D eigenvalue weighted by molar-refractivity contribution is -0.121.